The van der Waals surface area contributed by atoms with Crippen LogP contribution in [-0.4, -0.2) is 127 Å². The molecule has 61 heavy (non-hydrogen) atoms. The fraction of sp³-hybridized carbons (Fsp3) is 0.659. The van der Waals surface area contributed by atoms with E-state index in [1.807, 2.05) is 50.3 Å². The number of ether oxygens (including phenoxy) is 3. The van der Waals surface area contributed by atoms with Crippen LogP contribution in [0.25, 0.3) is 10.8 Å². The zero-order valence-corrected chi connectivity index (χ0v) is 36.7. The number of hydrogen-bond donors (Lipinski definition) is 3. The van der Waals surface area contributed by atoms with Crippen molar-refractivity contribution in [3.63, 3.8) is 0 Å². The van der Waals surface area contributed by atoms with Gasteiger partial charge in [0.25, 0.3) is 5.91 Å². The topological polar surface area (TPSA) is 197 Å². The van der Waals surface area contributed by atoms with Crippen molar-refractivity contribution in [3.05, 3.63) is 36.4 Å². The molecule has 4 heterocycles. The van der Waals surface area contributed by atoms with E-state index >= 15 is 4.79 Å². The number of carbonyl (C=O) groups is 4. The molecule has 3 aliphatic heterocycles. The Morgan fingerprint density at radius 1 is 1.08 bits per heavy atom. The van der Waals surface area contributed by atoms with Gasteiger partial charge in [0.2, 0.25) is 27.7 Å². The van der Waals surface area contributed by atoms with Gasteiger partial charge in [0, 0.05) is 37.4 Å². The number of allylic oxidation sites excluding steroid dienone is 1. The number of methoxy groups -OCH3 is 1. The molecular weight excluding hydrogens is 805 g/mol. The van der Waals surface area contributed by atoms with Gasteiger partial charge in [0.15, 0.2) is 0 Å². The maximum Gasteiger partial charge on any atom is 0.408 e. The Morgan fingerprint density at radius 3 is 2.49 bits per heavy atom. The first-order valence-electron chi connectivity index (χ1n) is 21.8. The third-order valence-electron chi connectivity index (χ3n) is 14.0. The number of carbonyl (C=O) groups excluding carboxylic acids is 3. The number of pyridine rings is 1. The smallest absolute Gasteiger partial charge is 0.408 e. The van der Waals surface area contributed by atoms with Crippen molar-refractivity contribution < 1.29 is 46.9 Å². The number of anilines is 1. The Hall–Kier alpha value is -4.64. The van der Waals surface area contributed by atoms with E-state index in [1.54, 1.807) is 14.0 Å². The van der Waals surface area contributed by atoms with Crippen molar-refractivity contribution in [1.82, 2.24) is 24.8 Å². The maximum atomic E-state index is 15.3. The molecule has 0 unspecified atom stereocenters. The molecule has 16 nitrogen and oxygen atoms in total. The molecule has 3 N–H and O–H groups in total. The van der Waals surface area contributed by atoms with Gasteiger partial charge in [-0.2, -0.15) is 4.98 Å². The molecule has 8 rings (SSSR count). The Balaban J connectivity index is 1.17. The lowest BCUT2D eigenvalue weighted by molar-refractivity contribution is -0.144. The number of carboxylic acid groups (broad SMARTS) is 1. The molecule has 1 aromatic heterocycles. The lowest BCUT2D eigenvalue weighted by Gasteiger charge is -2.38. The lowest BCUT2D eigenvalue weighted by Crippen LogP contribution is -2.60. The normalized spacial score (nSPS) is 30.8. The molecule has 1 aromatic carbocycles. The number of morpholine rings is 1. The van der Waals surface area contributed by atoms with E-state index in [1.165, 1.54) is 9.80 Å². The summed E-state index contributed by atoms with van der Waals surface area (Å²) in [6.45, 7) is 10.1. The van der Waals surface area contributed by atoms with Gasteiger partial charge >= 0.3 is 6.09 Å². The van der Waals surface area contributed by atoms with Crippen molar-refractivity contribution in [2.24, 2.45) is 23.2 Å². The Kier molecular flexibility index (Phi) is 11.5. The summed E-state index contributed by atoms with van der Waals surface area (Å²) >= 11 is 0. The van der Waals surface area contributed by atoms with Crippen LogP contribution in [0.15, 0.2) is 36.4 Å². The summed E-state index contributed by atoms with van der Waals surface area (Å²) in [4.78, 5) is 67.2. The SMILES string of the molecule is COc1ccc2c(O[C@@H]3C[C@H]4C(=O)N[C@]5(C(=O)NS(=O)(=O)C6(C)CC6)C[C@H]5C=CCC[C@@H](C)C[C@@H](C)[C@H](N(CC5(C)CC5)C(=O)O)C(=O)N4C3)nc(N3CCOCC3)cc2c1. The van der Waals surface area contributed by atoms with Crippen LogP contribution in [0.2, 0.25) is 0 Å². The fourth-order valence-electron chi connectivity index (χ4n) is 9.40. The van der Waals surface area contributed by atoms with Gasteiger partial charge in [-0.15, -0.1) is 0 Å². The molecule has 3 aliphatic carbocycles. The second-order valence-corrected chi connectivity index (χ2v) is 21.3. The second kappa shape index (κ2) is 16.2. The monoisotopic (exact) mass is 864 g/mol. The first kappa shape index (κ1) is 43.0. The summed E-state index contributed by atoms with van der Waals surface area (Å²) in [5.74, 6) is -1.09. The van der Waals surface area contributed by atoms with Crippen LogP contribution in [0.5, 0.6) is 11.6 Å². The van der Waals surface area contributed by atoms with Crippen molar-refractivity contribution in [2.75, 3.05) is 51.4 Å². The van der Waals surface area contributed by atoms with Crippen molar-refractivity contribution >= 4 is 50.4 Å². The van der Waals surface area contributed by atoms with E-state index in [4.69, 9.17) is 19.2 Å². The van der Waals surface area contributed by atoms with E-state index in [0.717, 1.165) is 24.6 Å². The minimum atomic E-state index is -4.03. The van der Waals surface area contributed by atoms with Crippen molar-refractivity contribution in [2.45, 2.75) is 114 Å². The first-order valence-corrected chi connectivity index (χ1v) is 23.3. The Morgan fingerprint density at radius 2 is 1.82 bits per heavy atom. The number of hydrogen-bond acceptors (Lipinski definition) is 11. The molecule has 6 aliphatic rings. The summed E-state index contributed by atoms with van der Waals surface area (Å²) in [6, 6.07) is 5.25. The average molecular weight is 865 g/mol. The highest BCUT2D eigenvalue weighted by atomic mass is 32.2. The van der Waals surface area contributed by atoms with E-state index in [2.05, 4.69) is 21.9 Å². The molecule has 7 atom stereocenters. The Labute approximate surface area is 357 Å². The number of benzene rings is 1. The highest BCUT2D eigenvalue weighted by Crippen LogP contribution is 2.49. The highest BCUT2D eigenvalue weighted by Gasteiger charge is 2.63. The average Bonchev–Trinajstić information content (AvgIpc) is 4.19. The number of aromatic nitrogens is 1. The summed E-state index contributed by atoms with van der Waals surface area (Å²) in [6.07, 6.45) is 6.58. The number of nitrogens with one attached hydrogen (secondary N) is 2. The largest absolute Gasteiger partial charge is 0.497 e. The highest BCUT2D eigenvalue weighted by molar-refractivity contribution is 7.91. The van der Waals surface area contributed by atoms with Gasteiger partial charge in [-0.05, 0) is 105 Å². The van der Waals surface area contributed by atoms with E-state index < -0.39 is 74.1 Å². The Bertz CT molecular complexity index is 2200. The maximum absolute atomic E-state index is 15.3. The molecule has 5 fully saturated rings. The predicted molar refractivity (Wildman–Crippen MR) is 227 cm³/mol. The minimum absolute atomic E-state index is 0.00947. The van der Waals surface area contributed by atoms with E-state index in [-0.39, 0.29) is 37.3 Å². The zero-order valence-electron chi connectivity index (χ0n) is 35.9. The number of nitrogens with zero attached hydrogens (tertiary/aromatic N) is 4. The lowest BCUT2D eigenvalue weighted by atomic mass is 9.86. The molecule has 0 radical (unpaired) electrons. The van der Waals surface area contributed by atoms with E-state index in [9.17, 15) is 27.9 Å². The molecule has 4 amide bonds. The summed E-state index contributed by atoms with van der Waals surface area (Å²) < 4.78 is 45.8. The molecule has 0 bridgehead atoms. The number of fused-ring (bicyclic) bond motifs is 3. The molecule has 332 valence electrons. The summed E-state index contributed by atoms with van der Waals surface area (Å²) in [5.41, 5.74) is -1.81. The number of amides is 4. The zero-order chi connectivity index (χ0) is 43.5. The van der Waals surface area contributed by atoms with Crippen LogP contribution in [0.3, 0.4) is 0 Å². The van der Waals surface area contributed by atoms with Gasteiger partial charge in [-0.25, -0.2) is 13.2 Å². The number of rotatable bonds is 10. The van der Waals surface area contributed by atoms with Gasteiger partial charge in [0.05, 0.1) is 31.6 Å². The summed E-state index contributed by atoms with van der Waals surface area (Å²) in [7, 11) is -2.44. The third-order valence-corrected chi connectivity index (χ3v) is 16.2. The van der Waals surface area contributed by atoms with Crippen LogP contribution in [0, 0.1) is 23.2 Å². The molecule has 0 spiro atoms. The van der Waals surface area contributed by atoms with Crippen LogP contribution >= 0.6 is 0 Å². The molecule has 17 heteroatoms. The molecule has 2 saturated heterocycles. The van der Waals surface area contributed by atoms with Crippen LogP contribution in [0.4, 0.5) is 10.6 Å². The molecular formula is C44H60N6O10S. The standard InChI is InChI=1S/C44H60N6O10S/c1-27-8-6-7-9-30-24-44(30,40(53)47-61(56,57)43(4)14-15-43)46-37(51)34-23-32(25-49(34)39(52)36(28(2)20-27)50(41(54)55)26-42(3)12-13-42)60-38-33-11-10-31(58-5)21-29(33)22-35(45-38)48-16-18-59-19-17-48/h7,9-11,21-22,27-28,30,32,34,36H,6,8,12-20,23-26H2,1-5H3,(H,46,51)(H,47,53)(H,54,55)/t27-,28-,30-,32-,34+,36+,44-/m1/s1. The van der Waals surface area contributed by atoms with Gasteiger partial charge in [-0.1, -0.05) is 32.9 Å². The first-order chi connectivity index (χ1) is 28.9. The van der Waals surface area contributed by atoms with Crippen molar-refractivity contribution in [3.8, 4) is 11.6 Å². The van der Waals surface area contributed by atoms with Crippen LogP contribution in [0.1, 0.15) is 85.5 Å². The fourth-order valence-corrected chi connectivity index (χ4v) is 10.7. The van der Waals surface area contributed by atoms with E-state index in [0.29, 0.717) is 74.8 Å². The van der Waals surface area contributed by atoms with Gasteiger partial charge in [-0.3, -0.25) is 24.0 Å². The molecule has 2 aromatic rings. The van der Waals surface area contributed by atoms with Crippen LogP contribution in [-0.2, 0) is 29.1 Å². The quantitative estimate of drug-likeness (QED) is 0.284. The second-order valence-electron chi connectivity index (χ2n) is 19.1. The van der Waals surface area contributed by atoms with Crippen LogP contribution < -0.4 is 24.4 Å². The summed E-state index contributed by atoms with van der Waals surface area (Å²) in [5, 5.41) is 15.2. The minimum Gasteiger partial charge on any atom is -0.497 e. The van der Waals surface area contributed by atoms with Crippen molar-refractivity contribution in [1.29, 1.82) is 0 Å². The van der Waals surface area contributed by atoms with Gasteiger partial charge in [0.1, 0.15) is 35.3 Å². The third kappa shape index (κ3) is 8.73. The predicted octanol–water partition coefficient (Wildman–Crippen LogP) is 4.46. The number of sulfonamides is 1. The van der Waals surface area contributed by atoms with Gasteiger partial charge < -0.3 is 34.4 Å². The molecule has 3 saturated carbocycles.